The van der Waals surface area contributed by atoms with Gasteiger partial charge in [-0.3, -0.25) is 0 Å². The van der Waals surface area contributed by atoms with Gasteiger partial charge in [-0.25, -0.2) is 0 Å². The van der Waals surface area contributed by atoms with E-state index in [0.717, 1.165) is 17.9 Å². The van der Waals surface area contributed by atoms with Gasteiger partial charge < -0.3 is 10.1 Å². The van der Waals surface area contributed by atoms with Crippen molar-refractivity contribution in [3.63, 3.8) is 0 Å². The number of halogens is 1. The third kappa shape index (κ3) is 3.81. The molecule has 0 heterocycles. The minimum absolute atomic E-state index is 0.515. The maximum Gasteiger partial charge on any atom is 0.121 e. The van der Waals surface area contributed by atoms with Crippen LogP contribution in [-0.2, 0) is 0 Å². The molecule has 76 valence electrons. The van der Waals surface area contributed by atoms with Crippen LogP contribution in [0, 0.1) is 0 Å². The minimum Gasteiger partial charge on any atom is -0.489 e. The molecule has 0 unspecified atom stereocenters. The van der Waals surface area contributed by atoms with Crippen LogP contribution in [0.2, 0.25) is 5.02 Å². The zero-order valence-electron chi connectivity index (χ0n) is 8.22. The molecule has 0 aliphatic rings. The van der Waals surface area contributed by atoms with E-state index in [4.69, 9.17) is 16.3 Å². The van der Waals surface area contributed by atoms with Gasteiger partial charge in [-0.15, -0.1) is 0 Å². The van der Waals surface area contributed by atoms with E-state index in [2.05, 4.69) is 11.9 Å². The van der Waals surface area contributed by atoms with Gasteiger partial charge in [0.2, 0.25) is 0 Å². The SMILES string of the molecule is C=C(CNC)COc1cccc(Cl)c1. The summed E-state index contributed by atoms with van der Waals surface area (Å²) in [5, 5.41) is 3.69. The van der Waals surface area contributed by atoms with Gasteiger partial charge in [-0.1, -0.05) is 24.2 Å². The molecule has 0 saturated heterocycles. The van der Waals surface area contributed by atoms with Crippen molar-refractivity contribution < 1.29 is 4.74 Å². The van der Waals surface area contributed by atoms with Crippen LogP contribution in [0.25, 0.3) is 0 Å². The van der Waals surface area contributed by atoms with Gasteiger partial charge in [0.05, 0.1) is 0 Å². The molecule has 0 spiro atoms. The topological polar surface area (TPSA) is 21.3 Å². The molecular formula is C11H14ClNO. The summed E-state index contributed by atoms with van der Waals surface area (Å²) in [4.78, 5) is 0. The summed E-state index contributed by atoms with van der Waals surface area (Å²) in [6, 6.07) is 7.34. The van der Waals surface area contributed by atoms with E-state index in [1.807, 2.05) is 25.2 Å². The first-order valence-corrected chi connectivity index (χ1v) is 4.80. The average molecular weight is 212 g/mol. The first kappa shape index (κ1) is 11.1. The predicted molar refractivity (Wildman–Crippen MR) is 60.0 cm³/mol. The Bertz CT molecular complexity index is 312. The molecule has 0 aliphatic carbocycles. The van der Waals surface area contributed by atoms with Crippen LogP contribution >= 0.6 is 11.6 Å². The second-order valence-corrected chi connectivity index (χ2v) is 3.46. The Balaban J connectivity index is 2.41. The Labute approximate surface area is 89.5 Å². The van der Waals surface area contributed by atoms with Crippen LogP contribution < -0.4 is 10.1 Å². The molecule has 0 atom stereocenters. The fourth-order valence-electron chi connectivity index (χ4n) is 1.04. The number of hydrogen-bond acceptors (Lipinski definition) is 2. The summed E-state index contributed by atoms with van der Waals surface area (Å²) in [5.41, 5.74) is 1.01. The van der Waals surface area contributed by atoms with Gasteiger partial charge in [0.25, 0.3) is 0 Å². The van der Waals surface area contributed by atoms with Crippen molar-refractivity contribution in [3.8, 4) is 5.75 Å². The first-order valence-electron chi connectivity index (χ1n) is 4.42. The molecule has 1 rings (SSSR count). The summed E-state index contributed by atoms with van der Waals surface area (Å²) >= 11 is 5.81. The summed E-state index contributed by atoms with van der Waals surface area (Å²) in [7, 11) is 1.88. The third-order valence-corrected chi connectivity index (χ3v) is 1.90. The van der Waals surface area contributed by atoms with Crippen molar-refractivity contribution in [2.45, 2.75) is 0 Å². The largest absolute Gasteiger partial charge is 0.489 e. The van der Waals surface area contributed by atoms with Gasteiger partial charge in [-0.2, -0.15) is 0 Å². The zero-order valence-corrected chi connectivity index (χ0v) is 8.97. The van der Waals surface area contributed by atoms with Crippen LogP contribution in [0.4, 0.5) is 0 Å². The molecule has 0 aromatic heterocycles. The lowest BCUT2D eigenvalue weighted by atomic mass is 10.3. The molecule has 1 N–H and O–H groups in total. The highest BCUT2D eigenvalue weighted by atomic mass is 35.5. The minimum atomic E-state index is 0.515. The van der Waals surface area contributed by atoms with E-state index in [0.29, 0.717) is 11.6 Å². The molecule has 0 bridgehead atoms. The van der Waals surface area contributed by atoms with Gasteiger partial charge in [0.1, 0.15) is 12.4 Å². The van der Waals surface area contributed by atoms with E-state index >= 15 is 0 Å². The predicted octanol–water partition coefficient (Wildman–Crippen LogP) is 2.49. The monoisotopic (exact) mass is 211 g/mol. The fourth-order valence-corrected chi connectivity index (χ4v) is 1.22. The van der Waals surface area contributed by atoms with Crippen LogP contribution in [0.15, 0.2) is 36.4 Å². The highest BCUT2D eigenvalue weighted by molar-refractivity contribution is 6.30. The second-order valence-electron chi connectivity index (χ2n) is 3.03. The highest BCUT2D eigenvalue weighted by Crippen LogP contribution is 2.17. The van der Waals surface area contributed by atoms with Gasteiger partial charge in [0, 0.05) is 11.6 Å². The van der Waals surface area contributed by atoms with E-state index in [1.165, 1.54) is 0 Å². The van der Waals surface area contributed by atoms with E-state index in [9.17, 15) is 0 Å². The lowest BCUT2D eigenvalue weighted by Gasteiger charge is -2.08. The molecule has 1 aromatic carbocycles. The Kier molecular flexibility index (Phi) is 4.50. The van der Waals surface area contributed by atoms with Crippen molar-refractivity contribution in [2.75, 3.05) is 20.2 Å². The normalized spacial score (nSPS) is 9.86. The molecule has 0 amide bonds. The molecule has 14 heavy (non-hydrogen) atoms. The Morgan fingerprint density at radius 3 is 3.00 bits per heavy atom. The maximum atomic E-state index is 5.81. The molecule has 0 saturated carbocycles. The third-order valence-electron chi connectivity index (χ3n) is 1.67. The quantitative estimate of drug-likeness (QED) is 0.756. The van der Waals surface area contributed by atoms with Crippen LogP contribution in [0.5, 0.6) is 5.75 Å². The molecule has 0 aliphatic heterocycles. The summed E-state index contributed by atoms with van der Waals surface area (Å²) in [6.45, 7) is 5.14. The molecular weight excluding hydrogens is 198 g/mol. The van der Waals surface area contributed by atoms with Gasteiger partial charge >= 0.3 is 0 Å². The number of benzene rings is 1. The van der Waals surface area contributed by atoms with E-state index < -0.39 is 0 Å². The Morgan fingerprint density at radius 1 is 1.57 bits per heavy atom. The lowest BCUT2D eigenvalue weighted by Crippen LogP contribution is -2.14. The fraction of sp³-hybridized carbons (Fsp3) is 0.273. The van der Waals surface area contributed by atoms with Crippen LogP contribution in [-0.4, -0.2) is 20.2 Å². The number of likely N-dealkylation sites (N-methyl/N-ethyl adjacent to an activating group) is 1. The van der Waals surface area contributed by atoms with Crippen molar-refractivity contribution in [1.29, 1.82) is 0 Å². The van der Waals surface area contributed by atoms with Crippen molar-refractivity contribution >= 4 is 11.6 Å². The second kappa shape index (κ2) is 5.68. The summed E-state index contributed by atoms with van der Waals surface area (Å²) < 4.78 is 5.48. The molecule has 0 radical (unpaired) electrons. The Morgan fingerprint density at radius 2 is 2.36 bits per heavy atom. The maximum absolute atomic E-state index is 5.81. The standard InChI is InChI=1S/C11H14ClNO/c1-9(7-13-2)8-14-11-5-3-4-10(12)6-11/h3-6,13H,1,7-8H2,2H3. The van der Waals surface area contributed by atoms with E-state index in [1.54, 1.807) is 6.07 Å². The van der Waals surface area contributed by atoms with Gasteiger partial charge in [-0.05, 0) is 30.8 Å². The van der Waals surface area contributed by atoms with Crippen molar-refractivity contribution in [2.24, 2.45) is 0 Å². The van der Waals surface area contributed by atoms with Crippen molar-refractivity contribution in [1.82, 2.24) is 5.32 Å². The highest BCUT2D eigenvalue weighted by Gasteiger charge is 1.96. The number of rotatable bonds is 5. The number of ether oxygens (including phenoxy) is 1. The van der Waals surface area contributed by atoms with Crippen LogP contribution in [0.3, 0.4) is 0 Å². The summed E-state index contributed by atoms with van der Waals surface area (Å²) in [6.07, 6.45) is 0. The smallest absolute Gasteiger partial charge is 0.121 e. The first-order chi connectivity index (χ1) is 6.72. The zero-order chi connectivity index (χ0) is 10.4. The summed E-state index contributed by atoms with van der Waals surface area (Å²) in [5.74, 6) is 0.773. The van der Waals surface area contributed by atoms with Gasteiger partial charge in [0.15, 0.2) is 0 Å². The molecule has 2 nitrogen and oxygen atoms in total. The van der Waals surface area contributed by atoms with E-state index in [-0.39, 0.29) is 0 Å². The number of hydrogen-bond donors (Lipinski definition) is 1. The lowest BCUT2D eigenvalue weighted by molar-refractivity contribution is 0.349. The van der Waals surface area contributed by atoms with Crippen molar-refractivity contribution in [3.05, 3.63) is 41.4 Å². The molecule has 0 fully saturated rings. The van der Waals surface area contributed by atoms with Crippen LogP contribution in [0.1, 0.15) is 0 Å². The Hall–Kier alpha value is -0.990. The average Bonchev–Trinajstić information content (AvgIpc) is 2.15. The number of nitrogens with one attached hydrogen (secondary N) is 1. The molecule has 1 aromatic rings. The molecule has 3 heteroatoms.